The van der Waals surface area contributed by atoms with Crippen LogP contribution in [0.15, 0.2) is 97.6 Å². The maximum Gasteiger partial charge on any atom is 0.147 e. The number of ether oxygens (including phenoxy) is 1. The van der Waals surface area contributed by atoms with Gasteiger partial charge in [0.25, 0.3) is 0 Å². The standard InChI is InChI=1S/C32H25N5O/c1-20-15-21(2)30(22(3)16-20)29-19-36-31-27(9-5-12-33-31)26-11-10-25(18-28(26)32(36)35-29)38-24-8-4-7-23(17-24)37-14-6-13-34-37/h4-19H,1-3H3. The summed E-state index contributed by atoms with van der Waals surface area (Å²) in [5.74, 6) is 1.48. The fraction of sp³-hybridized carbons (Fsp3) is 0.0938. The van der Waals surface area contributed by atoms with Crippen LogP contribution in [0.1, 0.15) is 16.7 Å². The zero-order valence-corrected chi connectivity index (χ0v) is 21.4. The zero-order chi connectivity index (χ0) is 25.8. The topological polar surface area (TPSA) is 57.2 Å². The summed E-state index contributed by atoms with van der Waals surface area (Å²) < 4.78 is 10.3. The molecular weight excluding hydrogens is 470 g/mol. The van der Waals surface area contributed by atoms with E-state index in [1.54, 1.807) is 6.20 Å². The van der Waals surface area contributed by atoms with Crippen LogP contribution in [0.5, 0.6) is 11.5 Å². The van der Waals surface area contributed by atoms with Crippen molar-refractivity contribution in [1.29, 1.82) is 0 Å². The van der Waals surface area contributed by atoms with E-state index in [-0.39, 0.29) is 0 Å². The van der Waals surface area contributed by atoms with E-state index >= 15 is 0 Å². The van der Waals surface area contributed by atoms with Crippen molar-refractivity contribution in [3.8, 4) is 28.4 Å². The summed E-state index contributed by atoms with van der Waals surface area (Å²) in [6.07, 6.45) is 7.62. The van der Waals surface area contributed by atoms with Crippen LogP contribution in [0.2, 0.25) is 0 Å². The minimum atomic E-state index is 0.741. The molecule has 6 nitrogen and oxygen atoms in total. The average molecular weight is 496 g/mol. The molecule has 0 aliphatic carbocycles. The van der Waals surface area contributed by atoms with Crippen LogP contribution in [-0.4, -0.2) is 24.1 Å². The van der Waals surface area contributed by atoms with Crippen molar-refractivity contribution in [2.45, 2.75) is 20.8 Å². The molecule has 3 aromatic carbocycles. The minimum Gasteiger partial charge on any atom is -0.457 e. The number of benzene rings is 3. The van der Waals surface area contributed by atoms with Gasteiger partial charge in [-0.05, 0) is 85.8 Å². The van der Waals surface area contributed by atoms with Gasteiger partial charge in [0.05, 0.1) is 11.4 Å². The lowest BCUT2D eigenvalue weighted by atomic mass is 9.98. The summed E-state index contributed by atoms with van der Waals surface area (Å²) in [4.78, 5) is 9.90. The molecule has 0 spiro atoms. The summed E-state index contributed by atoms with van der Waals surface area (Å²) in [6, 6.07) is 24.5. The molecule has 0 saturated heterocycles. The maximum atomic E-state index is 6.34. The first-order valence-corrected chi connectivity index (χ1v) is 12.6. The second-order valence-corrected chi connectivity index (χ2v) is 9.73. The van der Waals surface area contributed by atoms with E-state index in [4.69, 9.17) is 14.7 Å². The summed E-state index contributed by atoms with van der Waals surface area (Å²) in [7, 11) is 0. The monoisotopic (exact) mass is 495 g/mol. The Hall–Kier alpha value is -4.97. The molecule has 4 aromatic heterocycles. The van der Waals surface area contributed by atoms with Crippen molar-refractivity contribution in [1.82, 2.24) is 24.1 Å². The van der Waals surface area contributed by atoms with Gasteiger partial charge in [-0.15, -0.1) is 0 Å². The highest BCUT2D eigenvalue weighted by Crippen LogP contribution is 2.35. The van der Waals surface area contributed by atoms with Crippen LogP contribution < -0.4 is 4.74 Å². The third-order valence-electron chi connectivity index (χ3n) is 7.00. The molecule has 0 unspecified atom stereocenters. The van der Waals surface area contributed by atoms with Gasteiger partial charge in [0.15, 0.2) is 0 Å². The lowest BCUT2D eigenvalue weighted by molar-refractivity contribution is 0.483. The van der Waals surface area contributed by atoms with Gasteiger partial charge in [-0.2, -0.15) is 5.10 Å². The van der Waals surface area contributed by atoms with Gasteiger partial charge in [-0.25, -0.2) is 14.6 Å². The second-order valence-electron chi connectivity index (χ2n) is 9.73. The van der Waals surface area contributed by atoms with Crippen molar-refractivity contribution in [3.63, 3.8) is 0 Å². The summed E-state index contributed by atoms with van der Waals surface area (Å²) in [5.41, 5.74) is 8.48. The first kappa shape index (κ1) is 22.2. The Bertz CT molecular complexity index is 1960. The number of hydrogen-bond donors (Lipinski definition) is 0. The quantitative estimate of drug-likeness (QED) is 0.236. The number of aryl methyl sites for hydroxylation is 3. The second kappa shape index (κ2) is 8.56. The number of pyridine rings is 2. The van der Waals surface area contributed by atoms with E-state index in [0.717, 1.165) is 50.3 Å². The predicted molar refractivity (Wildman–Crippen MR) is 151 cm³/mol. The van der Waals surface area contributed by atoms with Gasteiger partial charge in [0.1, 0.15) is 22.8 Å². The smallest absolute Gasteiger partial charge is 0.147 e. The van der Waals surface area contributed by atoms with Crippen LogP contribution in [-0.2, 0) is 0 Å². The van der Waals surface area contributed by atoms with Gasteiger partial charge in [-0.3, -0.25) is 4.40 Å². The van der Waals surface area contributed by atoms with Crippen molar-refractivity contribution < 1.29 is 4.74 Å². The van der Waals surface area contributed by atoms with Gasteiger partial charge in [0, 0.05) is 47.2 Å². The van der Waals surface area contributed by atoms with E-state index in [9.17, 15) is 0 Å². The number of aromatic nitrogens is 5. The van der Waals surface area contributed by atoms with Gasteiger partial charge in [-0.1, -0.05) is 23.8 Å². The van der Waals surface area contributed by atoms with Crippen LogP contribution in [0.25, 0.3) is 44.4 Å². The van der Waals surface area contributed by atoms with Crippen molar-refractivity contribution in [2.75, 3.05) is 0 Å². The molecule has 0 bridgehead atoms. The average Bonchev–Trinajstić information content (AvgIpc) is 3.60. The van der Waals surface area contributed by atoms with Gasteiger partial charge in [0.2, 0.25) is 0 Å². The molecule has 0 aliphatic heterocycles. The van der Waals surface area contributed by atoms with E-state index in [2.05, 4.69) is 66.8 Å². The lowest BCUT2D eigenvalue weighted by Gasteiger charge is -2.11. The molecule has 7 rings (SSSR count). The fourth-order valence-corrected chi connectivity index (χ4v) is 5.49. The summed E-state index contributed by atoms with van der Waals surface area (Å²) in [6.45, 7) is 6.43. The van der Waals surface area contributed by atoms with Crippen LogP contribution in [0.4, 0.5) is 0 Å². The van der Waals surface area contributed by atoms with Crippen molar-refractivity contribution in [2.24, 2.45) is 0 Å². The van der Waals surface area contributed by atoms with Crippen LogP contribution in [0.3, 0.4) is 0 Å². The fourth-order valence-electron chi connectivity index (χ4n) is 5.49. The normalized spacial score (nSPS) is 11.6. The Morgan fingerprint density at radius 1 is 0.711 bits per heavy atom. The number of hydrogen-bond acceptors (Lipinski definition) is 4. The predicted octanol–water partition coefficient (Wildman–Crippen LogP) is 7.61. The van der Waals surface area contributed by atoms with E-state index in [1.165, 1.54) is 22.3 Å². The number of nitrogens with zero attached hydrogens (tertiary/aromatic N) is 5. The van der Waals surface area contributed by atoms with Crippen LogP contribution >= 0.6 is 0 Å². The third-order valence-corrected chi connectivity index (χ3v) is 7.00. The van der Waals surface area contributed by atoms with Crippen molar-refractivity contribution >= 4 is 27.5 Å². The number of rotatable bonds is 4. The van der Waals surface area contributed by atoms with E-state index in [1.807, 2.05) is 59.5 Å². The minimum absolute atomic E-state index is 0.741. The third kappa shape index (κ3) is 3.61. The molecule has 184 valence electrons. The molecule has 0 fully saturated rings. The molecule has 0 radical (unpaired) electrons. The Morgan fingerprint density at radius 2 is 1.55 bits per heavy atom. The summed E-state index contributed by atoms with van der Waals surface area (Å²) in [5, 5.41) is 7.50. The Kier molecular flexibility index (Phi) is 5.01. The highest BCUT2D eigenvalue weighted by atomic mass is 16.5. The van der Waals surface area contributed by atoms with Gasteiger partial charge >= 0.3 is 0 Å². The van der Waals surface area contributed by atoms with Gasteiger partial charge < -0.3 is 4.74 Å². The summed E-state index contributed by atoms with van der Waals surface area (Å²) >= 11 is 0. The molecule has 7 aromatic rings. The highest BCUT2D eigenvalue weighted by molar-refractivity contribution is 6.11. The molecule has 0 N–H and O–H groups in total. The first-order valence-electron chi connectivity index (χ1n) is 12.6. The zero-order valence-electron chi connectivity index (χ0n) is 21.4. The number of fused-ring (bicyclic) bond motifs is 6. The van der Waals surface area contributed by atoms with E-state index in [0.29, 0.717) is 0 Å². The molecule has 0 amide bonds. The molecule has 4 heterocycles. The number of imidazole rings is 1. The SMILES string of the molecule is Cc1cc(C)c(-c2cn3c4ncccc4c4ccc(Oc5cccc(-n6cccn6)c5)cc4c3n2)c(C)c1. The lowest BCUT2D eigenvalue weighted by Crippen LogP contribution is -1.95. The molecule has 38 heavy (non-hydrogen) atoms. The molecular formula is C32H25N5O. The molecule has 0 saturated carbocycles. The Balaban J connectivity index is 1.41. The maximum absolute atomic E-state index is 6.34. The Labute approximate surface area is 219 Å². The van der Waals surface area contributed by atoms with Crippen molar-refractivity contribution in [3.05, 3.63) is 114 Å². The highest BCUT2D eigenvalue weighted by Gasteiger charge is 2.17. The van der Waals surface area contributed by atoms with E-state index < -0.39 is 0 Å². The largest absolute Gasteiger partial charge is 0.457 e. The molecule has 0 atom stereocenters. The first-order chi connectivity index (χ1) is 18.5. The van der Waals surface area contributed by atoms with Crippen LogP contribution in [0, 0.1) is 20.8 Å². The molecule has 0 aliphatic rings. The molecule has 6 heteroatoms. The Morgan fingerprint density at radius 3 is 2.37 bits per heavy atom.